The molecule has 13 heavy (non-hydrogen) atoms. The van der Waals surface area contributed by atoms with E-state index in [1.807, 2.05) is 23.6 Å². The Morgan fingerprint density at radius 3 is 3.08 bits per heavy atom. The Balaban J connectivity index is 2.47. The van der Waals surface area contributed by atoms with E-state index in [1.165, 1.54) is 11.3 Å². The lowest BCUT2D eigenvalue weighted by Crippen LogP contribution is -1.84. The second kappa shape index (κ2) is 3.58. The van der Waals surface area contributed by atoms with Crippen molar-refractivity contribution in [1.29, 1.82) is 0 Å². The number of nitrogens with zero attached hydrogens (tertiary/aromatic N) is 1. The Labute approximate surface area is 80.8 Å². The van der Waals surface area contributed by atoms with Crippen molar-refractivity contribution in [3.05, 3.63) is 35.2 Å². The molecular formula is C10H8NOS. The van der Waals surface area contributed by atoms with Crippen LogP contribution in [0.1, 0.15) is 0 Å². The Morgan fingerprint density at radius 2 is 2.38 bits per heavy atom. The molecular weight excluding hydrogens is 182 g/mol. The molecule has 3 heteroatoms. The number of thiophene rings is 1. The van der Waals surface area contributed by atoms with Crippen molar-refractivity contribution in [3.63, 3.8) is 0 Å². The first-order valence-corrected chi connectivity index (χ1v) is 4.74. The van der Waals surface area contributed by atoms with E-state index in [2.05, 4.69) is 10.4 Å². The van der Waals surface area contributed by atoms with Gasteiger partial charge in [0.1, 0.15) is 5.75 Å². The molecule has 2 aromatic heterocycles. The van der Waals surface area contributed by atoms with Crippen LogP contribution in [-0.2, 0) is 0 Å². The molecule has 2 heterocycles. The summed E-state index contributed by atoms with van der Waals surface area (Å²) in [5, 5.41) is 5.05. The number of rotatable bonds is 2. The smallest absolute Gasteiger partial charge is 0.139 e. The van der Waals surface area contributed by atoms with Gasteiger partial charge in [0.2, 0.25) is 0 Å². The minimum atomic E-state index is 0.837. The standard InChI is InChI=1S/C10H8NOS/c1-12-10-7-13-6-8(10)9-4-2-3-5-11-9/h2-5,7H,1H3. The molecule has 0 aliphatic heterocycles. The van der Waals surface area contributed by atoms with E-state index < -0.39 is 0 Å². The molecule has 0 bridgehead atoms. The van der Waals surface area contributed by atoms with Gasteiger partial charge in [0.25, 0.3) is 0 Å². The quantitative estimate of drug-likeness (QED) is 0.726. The zero-order chi connectivity index (χ0) is 9.10. The van der Waals surface area contributed by atoms with Crippen LogP contribution in [0.15, 0.2) is 29.8 Å². The Bertz CT molecular complexity index is 383. The molecule has 0 spiro atoms. The van der Waals surface area contributed by atoms with Gasteiger partial charge in [0.05, 0.1) is 23.7 Å². The zero-order valence-corrected chi connectivity index (χ0v) is 7.97. The van der Waals surface area contributed by atoms with Crippen LogP contribution in [0.5, 0.6) is 5.75 Å². The lowest BCUT2D eigenvalue weighted by Gasteiger charge is -2.00. The van der Waals surface area contributed by atoms with E-state index in [0.717, 1.165) is 17.0 Å². The van der Waals surface area contributed by atoms with E-state index >= 15 is 0 Å². The van der Waals surface area contributed by atoms with Gasteiger partial charge in [0, 0.05) is 11.6 Å². The normalized spacial score (nSPS) is 9.92. The molecule has 2 rings (SSSR count). The number of hydrogen-bond acceptors (Lipinski definition) is 3. The fourth-order valence-electron chi connectivity index (χ4n) is 1.09. The van der Waals surface area contributed by atoms with Crippen molar-refractivity contribution in [2.75, 3.05) is 7.11 Å². The summed E-state index contributed by atoms with van der Waals surface area (Å²) in [5.74, 6) is 0.837. The van der Waals surface area contributed by atoms with E-state index in [4.69, 9.17) is 4.74 Å². The highest BCUT2D eigenvalue weighted by molar-refractivity contribution is 7.08. The molecule has 0 aromatic carbocycles. The first kappa shape index (κ1) is 8.26. The monoisotopic (exact) mass is 190 g/mol. The van der Waals surface area contributed by atoms with Gasteiger partial charge in [-0.25, -0.2) is 0 Å². The maximum atomic E-state index is 5.18. The summed E-state index contributed by atoms with van der Waals surface area (Å²) in [6.45, 7) is 0. The molecule has 0 atom stereocenters. The summed E-state index contributed by atoms with van der Waals surface area (Å²) in [5.41, 5.74) is 1.84. The number of aromatic nitrogens is 1. The number of methoxy groups -OCH3 is 1. The molecule has 0 aliphatic carbocycles. The summed E-state index contributed by atoms with van der Waals surface area (Å²) < 4.78 is 5.18. The van der Waals surface area contributed by atoms with E-state index in [1.54, 1.807) is 13.3 Å². The number of hydrogen-bond donors (Lipinski definition) is 0. The second-order valence-corrected chi connectivity index (χ2v) is 3.17. The molecule has 2 aromatic rings. The third kappa shape index (κ3) is 1.55. The lowest BCUT2D eigenvalue weighted by atomic mass is 10.2. The predicted molar refractivity (Wildman–Crippen MR) is 52.9 cm³/mol. The van der Waals surface area contributed by atoms with E-state index in [9.17, 15) is 0 Å². The van der Waals surface area contributed by atoms with Crippen molar-refractivity contribution in [2.24, 2.45) is 0 Å². The van der Waals surface area contributed by atoms with Crippen molar-refractivity contribution in [3.8, 4) is 17.0 Å². The maximum absolute atomic E-state index is 5.18. The largest absolute Gasteiger partial charge is 0.495 e. The number of pyridine rings is 1. The van der Waals surface area contributed by atoms with Crippen LogP contribution in [-0.4, -0.2) is 12.1 Å². The molecule has 1 radical (unpaired) electrons. The van der Waals surface area contributed by atoms with E-state index in [-0.39, 0.29) is 0 Å². The van der Waals surface area contributed by atoms with Crippen LogP contribution in [0.3, 0.4) is 0 Å². The first-order chi connectivity index (χ1) is 6.42. The Kier molecular flexibility index (Phi) is 2.27. The highest BCUT2D eigenvalue weighted by Gasteiger charge is 2.06. The van der Waals surface area contributed by atoms with Crippen LogP contribution in [0.2, 0.25) is 0 Å². The average Bonchev–Trinajstić information content (AvgIpc) is 2.67. The van der Waals surface area contributed by atoms with Crippen LogP contribution < -0.4 is 4.74 Å². The highest BCUT2D eigenvalue weighted by Crippen LogP contribution is 2.30. The van der Waals surface area contributed by atoms with Crippen LogP contribution in [0.4, 0.5) is 0 Å². The summed E-state index contributed by atoms with van der Waals surface area (Å²) in [4.78, 5) is 4.23. The summed E-state index contributed by atoms with van der Waals surface area (Å²) in [7, 11) is 1.66. The van der Waals surface area contributed by atoms with Crippen molar-refractivity contribution in [1.82, 2.24) is 4.98 Å². The molecule has 0 saturated carbocycles. The molecule has 0 fully saturated rings. The van der Waals surface area contributed by atoms with Gasteiger partial charge >= 0.3 is 0 Å². The number of ether oxygens (including phenoxy) is 1. The van der Waals surface area contributed by atoms with Gasteiger partial charge < -0.3 is 4.74 Å². The van der Waals surface area contributed by atoms with Crippen molar-refractivity contribution >= 4 is 11.3 Å². The second-order valence-electron chi connectivity index (χ2n) is 2.50. The molecule has 0 unspecified atom stereocenters. The molecule has 0 amide bonds. The highest BCUT2D eigenvalue weighted by atomic mass is 32.1. The minimum absolute atomic E-state index is 0.837. The SMILES string of the molecule is COc1cs[c]c1-c1ccccn1. The lowest BCUT2D eigenvalue weighted by molar-refractivity contribution is 0.418. The topological polar surface area (TPSA) is 22.1 Å². The Hall–Kier alpha value is -1.35. The van der Waals surface area contributed by atoms with Gasteiger partial charge in [-0.1, -0.05) is 6.07 Å². The predicted octanol–water partition coefficient (Wildman–Crippen LogP) is 2.62. The first-order valence-electron chi connectivity index (χ1n) is 3.86. The minimum Gasteiger partial charge on any atom is -0.495 e. The molecule has 2 nitrogen and oxygen atoms in total. The van der Waals surface area contributed by atoms with Gasteiger partial charge in [0.15, 0.2) is 0 Å². The molecule has 65 valence electrons. The van der Waals surface area contributed by atoms with Gasteiger partial charge in [-0.15, -0.1) is 11.3 Å². The molecule has 0 aliphatic rings. The summed E-state index contributed by atoms with van der Waals surface area (Å²) in [6.07, 6.45) is 1.76. The fraction of sp³-hybridized carbons (Fsp3) is 0.100. The van der Waals surface area contributed by atoms with E-state index in [0.29, 0.717) is 0 Å². The van der Waals surface area contributed by atoms with Crippen LogP contribution >= 0.6 is 11.3 Å². The average molecular weight is 190 g/mol. The zero-order valence-electron chi connectivity index (χ0n) is 7.15. The van der Waals surface area contributed by atoms with Crippen LogP contribution in [0.25, 0.3) is 11.3 Å². The van der Waals surface area contributed by atoms with Gasteiger partial charge in [-0.05, 0) is 12.1 Å². The summed E-state index contributed by atoms with van der Waals surface area (Å²) in [6, 6.07) is 5.79. The van der Waals surface area contributed by atoms with Crippen LogP contribution in [0, 0.1) is 5.38 Å². The summed E-state index contributed by atoms with van der Waals surface area (Å²) >= 11 is 1.50. The van der Waals surface area contributed by atoms with Gasteiger partial charge in [-0.2, -0.15) is 0 Å². The third-order valence-electron chi connectivity index (χ3n) is 1.71. The molecule has 0 N–H and O–H groups in total. The van der Waals surface area contributed by atoms with Crippen molar-refractivity contribution < 1.29 is 4.74 Å². The fourth-order valence-corrected chi connectivity index (χ4v) is 1.79. The Morgan fingerprint density at radius 1 is 1.46 bits per heavy atom. The maximum Gasteiger partial charge on any atom is 0.139 e. The third-order valence-corrected chi connectivity index (χ3v) is 2.37. The van der Waals surface area contributed by atoms with Crippen molar-refractivity contribution in [2.45, 2.75) is 0 Å². The molecule has 0 saturated heterocycles. The van der Waals surface area contributed by atoms with Gasteiger partial charge in [-0.3, -0.25) is 4.98 Å².